The van der Waals surface area contributed by atoms with Crippen molar-refractivity contribution in [3.63, 3.8) is 0 Å². The van der Waals surface area contributed by atoms with Crippen LogP contribution in [0.1, 0.15) is 18.9 Å². The van der Waals surface area contributed by atoms with Gasteiger partial charge in [-0.05, 0) is 13.3 Å². The van der Waals surface area contributed by atoms with Crippen LogP contribution in [-0.4, -0.2) is 22.7 Å². The van der Waals surface area contributed by atoms with Crippen LogP contribution < -0.4 is 4.90 Å². The van der Waals surface area contributed by atoms with E-state index in [0.717, 1.165) is 24.3 Å². The highest BCUT2D eigenvalue weighted by atomic mass is 16.2. The van der Waals surface area contributed by atoms with Crippen molar-refractivity contribution >= 4 is 11.7 Å². The molecule has 0 fully saturated rings. The smallest absolute Gasteiger partial charge is 0.230 e. The van der Waals surface area contributed by atoms with Gasteiger partial charge in [-0.3, -0.25) is 9.69 Å². The van der Waals surface area contributed by atoms with Crippen LogP contribution in [0.5, 0.6) is 0 Å². The number of aryl methyl sites for hydroxylation is 2. The number of nitrogens with zero attached hydrogens (tertiary/aromatic N) is 3. The summed E-state index contributed by atoms with van der Waals surface area (Å²) in [6.45, 7) is 4.79. The van der Waals surface area contributed by atoms with E-state index in [9.17, 15) is 4.79 Å². The summed E-state index contributed by atoms with van der Waals surface area (Å²) < 4.78 is 1.91. The Labute approximate surface area is 83.5 Å². The van der Waals surface area contributed by atoms with E-state index in [-0.39, 0.29) is 11.8 Å². The second kappa shape index (κ2) is 3.12. The topological polar surface area (TPSA) is 38.1 Å². The molecule has 1 unspecified atom stereocenters. The van der Waals surface area contributed by atoms with E-state index in [1.165, 1.54) is 0 Å². The Balaban J connectivity index is 2.47. The highest BCUT2D eigenvalue weighted by molar-refractivity contribution is 5.94. The normalized spacial score (nSPS) is 22.1. The lowest BCUT2D eigenvalue weighted by atomic mass is 10.1. The first kappa shape index (κ1) is 9.24. The Morgan fingerprint density at radius 3 is 3.00 bits per heavy atom. The summed E-state index contributed by atoms with van der Waals surface area (Å²) in [4.78, 5) is 13.6. The lowest BCUT2D eigenvalue weighted by Crippen LogP contribution is -2.30. The van der Waals surface area contributed by atoms with Crippen LogP contribution in [0.4, 0.5) is 5.82 Å². The molecule has 0 radical (unpaired) electrons. The van der Waals surface area contributed by atoms with Gasteiger partial charge >= 0.3 is 0 Å². The minimum absolute atomic E-state index is 0.0982. The molecule has 4 nitrogen and oxygen atoms in total. The first-order valence-corrected chi connectivity index (χ1v) is 4.91. The number of hydrogen-bond donors (Lipinski definition) is 0. The SMILES string of the molecule is Cc1cnn2c1N(C)C(=O)C(C)CC2. The molecule has 1 atom stereocenters. The van der Waals surface area contributed by atoms with Gasteiger partial charge in [0, 0.05) is 25.1 Å². The molecule has 0 aromatic carbocycles. The van der Waals surface area contributed by atoms with Crippen molar-refractivity contribution in [2.45, 2.75) is 26.8 Å². The van der Waals surface area contributed by atoms with Crippen molar-refractivity contribution in [1.29, 1.82) is 0 Å². The van der Waals surface area contributed by atoms with Gasteiger partial charge in [0.05, 0.1) is 6.20 Å². The van der Waals surface area contributed by atoms with E-state index in [2.05, 4.69) is 5.10 Å². The summed E-state index contributed by atoms with van der Waals surface area (Å²) in [5.41, 5.74) is 1.06. The fourth-order valence-corrected chi connectivity index (χ4v) is 1.95. The Bertz CT molecular complexity index is 369. The summed E-state index contributed by atoms with van der Waals surface area (Å²) in [6.07, 6.45) is 2.69. The second-order valence-electron chi connectivity index (χ2n) is 3.96. The van der Waals surface area contributed by atoms with Crippen LogP contribution in [0.2, 0.25) is 0 Å². The molecule has 0 spiro atoms. The molecule has 4 heteroatoms. The number of carbonyl (C=O) groups is 1. The molecule has 14 heavy (non-hydrogen) atoms. The van der Waals surface area contributed by atoms with E-state index >= 15 is 0 Å². The third kappa shape index (κ3) is 1.22. The van der Waals surface area contributed by atoms with Crippen molar-refractivity contribution in [2.24, 2.45) is 5.92 Å². The zero-order valence-electron chi connectivity index (χ0n) is 8.82. The maximum absolute atomic E-state index is 11.8. The maximum atomic E-state index is 11.8. The first-order valence-electron chi connectivity index (χ1n) is 4.91. The number of carbonyl (C=O) groups excluding carboxylic acids is 1. The summed E-state index contributed by atoms with van der Waals surface area (Å²) in [6, 6.07) is 0. The Morgan fingerprint density at radius 1 is 1.57 bits per heavy atom. The summed E-state index contributed by atoms with van der Waals surface area (Å²) >= 11 is 0. The molecular formula is C10H15N3O. The largest absolute Gasteiger partial charge is 0.300 e. The fourth-order valence-electron chi connectivity index (χ4n) is 1.95. The summed E-state index contributed by atoms with van der Waals surface area (Å²) in [5.74, 6) is 1.23. The monoisotopic (exact) mass is 193 g/mol. The number of aromatic nitrogens is 2. The molecule has 0 aliphatic carbocycles. The first-order chi connectivity index (χ1) is 6.61. The fraction of sp³-hybridized carbons (Fsp3) is 0.600. The number of fused-ring (bicyclic) bond motifs is 1. The minimum Gasteiger partial charge on any atom is -0.300 e. The zero-order chi connectivity index (χ0) is 10.3. The van der Waals surface area contributed by atoms with Crippen molar-refractivity contribution in [3.05, 3.63) is 11.8 Å². The van der Waals surface area contributed by atoms with Gasteiger partial charge in [0.15, 0.2) is 0 Å². The van der Waals surface area contributed by atoms with Crippen molar-refractivity contribution in [2.75, 3.05) is 11.9 Å². The quantitative estimate of drug-likeness (QED) is 0.621. The molecule has 2 rings (SSSR count). The lowest BCUT2D eigenvalue weighted by Gasteiger charge is -2.17. The minimum atomic E-state index is 0.0982. The zero-order valence-corrected chi connectivity index (χ0v) is 8.82. The van der Waals surface area contributed by atoms with E-state index in [1.807, 2.05) is 31.8 Å². The number of hydrogen-bond acceptors (Lipinski definition) is 2. The van der Waals surface area contributed by atoms with Gasteiger partial charge in [-0.25, -0.2) is 4.68 Å². The Hall–Kier alpha value is -1.32. The molecule has 1 aromatic rings. The van der Waals surface area contributed by atoms with Gasteiger partial charge in [-0.15, -0.1) is 0 Å². The molecule has 76 valence electrons. The molecule has 2 heterocycles. The average molecular weight is 193 g/mol. The van der Waals surface area contributed by atoms with Crippen LogP contribution in [0.25, 0.3) is 0 Å². The van der Waals surface area contributed by atoms with Crippen LogP contribution in [0.15, 0.2) is 6.20 Å². The number of anilines is 1. The Kier molecular flexibility index (Phi) is 2.06. The number of amides is 1. The summed E-state index contributed by atoms with van der Waals surface area (Å²) in [7, 11) is 1.82. The van der Waals surface area contributed by atoms with E-state index in [4.69, 9.17) is 0 Å². The molecule has 1 aliphatic rings. The molecule has 0 saturated carbocycles. The molecule has 0 bridgehead atoms. The molecule has 0 saturated heterocycles. The van der Waals surface area contributed by atoms with Crippen LogP contribution in [-0.2, 0) is 11.3 Å². The third-order valence-corrected chi connectivity index (χ3v) is 2.83. The molecule has 0 N–H and O–H groups in total. The third-order valence-electron chi connectivity index (χ3n) is 2.83. The standard InChI is InChI=1S/C10H15N3O/c1-7-4-5-13-9(8(2)6-11-13)12(3)10(7)14/h6-7H,4-5H2,1-3H3. The highest BCUT2D eigenvalue weighted by Gasteiger charge is 2.26. The van der Waals surface area contributed by atoms with Crippen LogP contribution in [0, 0.1) is 12.8 Å². The van der Waals surface area contributed by atoms with Gasteiger partial charge in [0.1, 0.15) is 5.82 Å². The predicted molar refractivity (Wildman–Crippen MR) is 54.2 cm³/mol. The van der Waals surface area contributed by atoms with Crippen molar-refractivity contribution < 1.29 is 4.79 Å². The molecule has 1 amide bonds. The van der Waals surface area contributed by atoms with E-state index < -0.39 is 0 Å². The second-order valence-corrected chi connectivity index (χ2v) is 3.96. The van der Waals surface area contributed by atoms with Crippen molar-refractivity contribution in [1.82, 2.24) is 9.78 Å². The van der Waals surface area contributed by atoms with Gasteiger partial charge in [-0.2, -0.15) is 5.10 Å². The van der Waals surface area contributed by atoms with Gasteiger partial charge in [-0.1, -0.05) is 6.92 Å². The van der Waals surface area contributed by atoms with Gasteiger partial charge in [0.25, 0.3) is 0 Å². The molecule has 1 aliphatic heterocycles. The van der Waals surface area contributed by atoms with Crippen LogP contribution >= 0.6 is 0 Å². The lowest BCUT2D eigenvalue weighted by molar-refractivity contribution is -0.121. The van der Waals surface area contributed by atoms with Gasteiger partial charge < -0.3 is 0 Å². The van der Waals surface area contributed by atoms with Crippen molar-refractivity contribution in [3.8, 4) is 0 Å². The molecule has 1 aromatic heterocycles. The highest BCUT2D eigenvalue weighted by Crippen LogP contribution is 2.25. The van der Waals surface area contributed by atoms with Gasteiger partial charge in [0.2, 0.25) is 5.91 Å². The van der Waals surface area contributed by atoms with Crippen LogP contribution in [0.3, 0.4) is 0 Å². The molecular weight excluding hydrogens is 178 g/mol. The Morgan fingerprint density at radius 2 is 2.29 bits per heavy atom. The maximum Gasteiger partial charge on any atom is 0.230 e. The summed E-state index contributed by atoms with van der Waals surface area (Å²) in [5, 5.41) is 4.26. The number of rotatable bonds is 0. The van der Waals surface area contributed by atoms with E-state index in [1.54, 1.807) is 4.90 Å². The predicted octanol–water partition coefficient (Wildman–Crippen LogP) is 1.19. The van der Waals surface area contributed by atoms with E-state index in [0.29, 0.717) is 0 Å². The average Bonchev–Trinajstić information content (AvgIpc) is 2.49.